The van der Waals surface area contributed by atoms with E-state index in [9.17, 15) is 4.79 Å². The fourth-order valence-electron chi connectivity index (χ4n) is 1.45. The van der Waals surface area contributed by atoms with Crippen molar-refractivity contribution in [3.8, 4) is 0 Å². The maximum atomic E-state index is 10.1. The van der Waals surface area contributed by atoms with E-state index in [1.54, 1.807) is 0 Å². The molecule has 1 aromatic carbocycles. The van der Waals surface area contributed by atoms with Gasteiger partial charge in [-0.3, -0.25) is 4.79 Å². The lowest BCUT2D eigenvalue weighted by molar-refractivity contribution is -0.109. The fraction of sp³-hybridized carbons (Fsp3) is 0.182. The maximum absolute atomic E-state index is 10.1. The molecule has 0 atom stereocenters. The van der Waals surface area contributed by atoms with E-state index in [4.69, 9.17) is 4.42 Å². The van der Waals surface area contributed by atoms with Crippen LogP contribution in [0.5, 0.6) is 0 Å². The van der Waals surface area contributed by atoms with Crippen LogP contribution in [0.3, 0.4) is 0 Å². The second-order valence-electron chi connectivity index (χ2n) is 3.25. The molecule has 0 fully saturated rings. The Morgan fingerprint density at radius 1 is 1.43 bits per heavy atom. The third kappa shape index (κ3) is 1.62. The number of furan rings is 1. The van der Waals surface area contributed by atoms with E-state index in [0.717, 1.165) is 16.7 Å². The number of aryl methyl sites for hydroxylation is 1. The molecule has 0 saturated carbocycles. The third-order valence-corrected chi connectivity index (χ3v) is 2.08. The molecule has 0 spiro atoms. The van der Waals surface area contributed by atoms with Crippen LogP contribution in [0.15, 0.2) is 28.7 Å². The quantitative estimate of drug-likeness (QED) is 0.750. The van der Waals surface area contributed by atoms with Crippen LogP contribution in [-0.2, 0) is 11.3 Å². The van der Waals surface area contributed by atoms with E-state index in [-0.39, 0.29) is 0 Å². The molecule has 72 valence electrons. The van der Waals surface area contributed by atoms with Gasteiger partial charge in [0.1, 0.15) is 11.3 Å². The van der Waals surface area contributed by atoms with E-state index in [1.165, 1.54) is 5.56 Å². The normalized spacial score (nSPS) is 10.4. The highest BCUT2D eigenvalue weighted by molar-refractivity contribution is 5.78. The Labute approximate surface area is 81.7 Å². The van der Waals surface area contributed by atoms with Crippen LogP contribution < -0.4 is 5.32 Å². The van der Waals surface area contributed by atoms with Gasteiger partial charge in [-0.05, 0) is 25.1 Å². The van der Waals surface area contributed by atoms with Gasteiger partial charge < -0.3 is 9.73 Å². The highest BCUT2D eigenvalue weighted by atomic mass is 16.3. The zero-order chi connectivity index (χ0) is 9.97. The average molecular weight is 189 g/mol. The van der Waals surface area contributed by atoms with Crippen LogP contribution in [0, 0.1) is 6.92 Å². The monoisotopic (exact) mass is 189 g/mol. The van der Waals surface area contributed by atoms with E-state index >= 15 is 0 Å². The first-order valence-electron chi connectivity index (χ1n) is 4.46. The molecule has 1 aromatic heterocycles. The van der Waals surface area contributed by atoms with E-state index in [0.29, 0.717) is 13.0 Å². The molecule has 3 nitrogen and oxygen atoms in total. The number of nitrogens with one attached hydrogen (secondary N) is 1. The lowest BCUT2D eigenvalue weighted by Crippen LogP contribution is -2.08. The molecule has 0 bridgehead atoms. The number of hydrogen-bond acceptors (Lipinski definition) is 2. The number of fused-ring (bicyclic) bond motifs is 1. The minimum Gasteiger partial charge on any atom is -0.459 e. The molecule has 1 N–H and O–H groups in total. The summed E-state index contributed by atoms with van der Waals surface area (Å²) in [5.41, 5.74) is 2.06. The second-order valence-corrected chi connectivity index (χ2v) is 3.25. The van der Waals surface area contributed by atoms with Crippen LogP contribution >= 0.6 is 0 Å². The third-order valence-electron chi connectivity index (χ3n) is 2.08. The molecule has 0 aliphatic carbocycles. The summed E-state index contributed by atoms with van der Waals surface area (Å²) in [5.74, 6) is 0.776. The predicted molar refractivity (Wildman–Crippen MR) is 53.9 cm³/mol. The summed E-state index contributed by atoms with van der Waals surface area (Å²) in [6.07, 6.45) is 0.665. The average Bonchev–Trinajstić information content (AvgIpc) is 2.56. The first kappa shape index (κ1) is 8.81. The van der Waals surface area contributed by atoms with Crippen molar-refractivity contribution in [1.82, 2.24) is 5.32 Å². The Kier molecular flexibility index (Phi) is 2.23. The molecule has 0 aliphatic rings. The molecule has 1 amide bonds. The summed E-state index contributed by atoms with van der Waals surface area (Å²) < 4.78 is 5.50. The minimum atomic E-state index is 0.442. The smallest absolute Gasteiger partial charge is 0.207 e. The van der Waals surface area contributed by atoms with E-state index in [1.807, 2.05) is 25.1 Å². The van der Waals surface area contributed by atoms with Gasteiger partial charge in [-0.15, -0.1) is 0 Å². The summed E-state index contributed by atoms with van der Waals surface area (Å²) in [5, 5.41) is 3.64. The Morgan fingerprint density at radius 2 is 2.29 bits per heavy atom. The number of carbonyl (C=O) groups is 1. The van der Waals surface area contributed by atoms with Crippen molar-refractivity contribution in [2.24, 2.45) is 0 Å². The first-order valence-corrected chi connectivity index (χ1v) is 4.46. The predicted octanol–water partition coefficient (Wildman–Crippen LogP) is 1.99. The van der Waals surface area contributed by atoms with Crippen LogP contribution in [0.2, 0.25) is 0 Å². The molecule has 1 heterocycles. The van der Waals surface area contributed by atoms with E-state index < -0.39 is 0 Å². The van der Waals surface area contributed by atoms with Crippen molar-refractivity contribution in [1.29, 1.82) is 0 Å². The highest BCUT2D eigenvalue weighted by Crippen LogP contribution is 2.20. The molecule has 0 radical (unpaired) electrons. The number of carbonyl (C=O) groups excluding carboxylic acids is 1. The lowest BCUT2D eigenvalue weighted by atomic mass is 10.2. The standard InChI is InChI=1S/C11H11NO2/c1-8-2-3-11-9(4-8)5-10(14-11)6-12-7-13/h2-5,7H,6H2,1H3,(H,12,13). The minimum absolute atomic E-state index is 0.442. The number of amides is 1. The van der Waals surface area contributed by atoms with Crippen LogP contribution in [-0.4, -0.2) is 6.41 Å². The molecule has 2 aromatic rings. The van der Waals surface area contributed by atoms with Crippen molar-refractivity contribution >= 4 is 17.4 Å². The first-order chi connectivity index (χ1) is 6.79. The van der Waals surface area contributed by atoms with Crippen LogP contribution in [0.25, 0.3) is 11.0 Å². The van der Waals surface area contributed by atoms with E-state index in [2.05, 4.69) is 11.4 Å². The summed E-state index contributed by atoms with van der Waals surface area (Å²) in [6.45, 7) is 2.48. The lowest BCUT2D eigenvalue weighted by Gasteiger charge is -1.91. The van der Waals surface area contributed by atoms with Crippen molar-refractivity contribution in [2.75, 3.05) is 0 Å². The van der Waals surface area contributed by atoms with Gasteiger partial charge in [-0.1, -0.05) is 11.6 Å². The molecular formula is C11H11NO2. The van der Waals surface area contributed by atoms with Gasteiger partial charge in [0, 0.05) is 5.39 Å². The molecule has 2 rings (SSSR count). The van der Waals surface area contributed by atoms with Gasteiger partial charge in [-0.2, -0.15) is 0 Å². The fourth-order valence-corrected chi connectivity index (χ4v) is 1.45. The summed E-state index contributed by atoms with van der Waals surface area (Å²) in [7, 11) is 0. The van der Waals surface area contributed by atoms with Crippen molar-refractivity contribution in [2.45, 2.75) is 13.5 Å². The zero-order valence-corrected chi connectivity index (χ0v) is 7.91. The van der Waals surface area contributed by atoms with Gasteiger partial charge in [0.25, 0.3) is 0 Å². The van der Waals surface area contributed by atoms with Crippen molar-refractivity contribution in [3.63, 3.8) is 0 Å². The Balaban J connectivity index is 2.36. The van der Waals surface area contributed by atoms with Gasteiger partial charge in [0.05, 0.1) is 6.54 Å². The second kappa shape index (κ2) is 3.54. The molecule has 0 aliphatic heterocycles. The molecular weight excluding hydrogens is 178 g/mol. The Morgan fingerprint density at radius 3 is 3.07 bits per heavy atom. The SMILES string of the molecule is Cc1ccc2oc(CNC=O)cc2c1. The summed E-state index contributed by atoms with van der Waals surface area (Å²) in [4.78, 5) is 10.1. The Hall–Kier alpha value is -1.77. The number of hydrogen-bond donors (Lipinski definition) is 1. The van der Waals surface area contributed by atoms with Crippen molar-refractivity contribution in [3.05, 3.63) is 35.6 Å². The maximum Gasteiger partial charge on any atom is 0.207 e. The van der Waals surface area contributed by atoms with Crippen molar-refractivity contribution < 1.29 is 9.21 Å². The van der Waals surface area contributed by atoms with Crippen LogP contribution in [0.4, 0.5) is 0 Å². The highest BCUT2D eigenvalue weighted by Gasteiger charge is 2.02. The Bertz CT molecular complexity index is 459. The van der Waals surface area contributed by atoms with Gasteiger partial charge in [0.15, 0.2) is 0 Å². The molecule has 0 unspecified atom stereocenters. The van der Waals surface area contributed by atoms with Gasteiger partial charge in [-0.25, -0.2) is 0 Å². The topological polar surface area (TPSA) is 42.2 Å². The summed E-state index contributed by atoms with van der Waals surface area (Å²) >= 11 is 0. The van der Waals surface area contributed by atoms with Gasteiger partial charge >= 0.3 is 0 Å². The molecule has 14 heavy (non-hydrogen) atoms. The number of rotatable bonds is 3. The zero-order valence-electron chi connectivity index (χ0n) is 7.91. The number of benzene rings is 1. The largest absolute Gasteiger partial charge is 0.459 e. The summed E-state index contributed by atoms with van der Waals surface area (Å²) in [6, 6.07) is 7.94. The van der Waals surface area contributed by atoms with Crippen LogP contribution in [0.1, 0.15) is 11.3 Å². The molecule has 0 saturated heterocycles. The molecule has 3 heteroatoms. The van der Waals surface area contributed by atoms with Gasteiger partial charge in [0.2, 0.25) is 6.41 Å².